The third kappa shape index (κ3) is 2.98. The molecule has 2 N–H and O–H groups in total. The molecule has 0 spiro atoms. The number of hydrogen-bond acceptors (Lipinski definition) is 5. The molecule has 1 aliphatic rings. The second-order valence-electron chi connectivity index (χ2n) is 4.36. The van der Waals surface area contributed by atoms with Crippen molar-refractivity contribution in [2.75, 3.05) is 30.6 Å². The Morgan fingerprint density at radius 3 is 2.75 bits per heavy atom. The van der Waals surface area contributed by atoms with Crippen LogP contribution in [0.3, 0.4) is 0 Å². The lowest BCUT2D eigenvalue weighted by atomic mass is 10.1. The van der Waals surface area contributed by atoms with Gasteiger partial charge >= 0.3 is 6.03 Å². The number of carbonyl (C=O) groups excluding carboxylic acids is 2. The average Bonchev–Trinajstić information content (AvgIpc) is 2.93. The number of phenols is 1. The van der Waals surface area contributed by atoms with Crippen molar-refractivity contribution in [1.82, 2.24) is 4.90 Å². The number of urea groups is 1. The smallest absolute Gasteiger partial charge is 0.322 e. The minimum atomic E-state index is -0.280. The topological polar surface area (TPSA) is 78.9 Å². The summed E-state index contributed by atoms with van der Waals surface area (Å²) in [6.07, 6.45) is 0. The molecule has 2 rings (SSSR count). The Morgan fingerprint density at radius 2 is 2.20 bits per heavy atom. The molecule has 0 radical (unpaired) electrons. The number of ether oxygens (including phenoxy) is 1. The van der Waals surface area contributed by atoms with Crippen LogP contribution < -0.4 is 10.1 Å². The fourth-order valence-corrected chi connectivity index (χ4v) is 2.83. The van der Waals surface area contributed by atoms with Crippen molar-refractivity contribution in [3.05, 3.63) is 17.7 Å². The van der Waals surface area contributed by atoms with Crippen LogP contribution in [0.5, 0.6) is 11.5 Å². The highest BCUT2D eigenvalue weighted by Crippen LogP contribution is 2.33. The standard InChI is InChI=1S/C13H16N2O4S/c1-8(16)9-5-10(12(19-2)6-11(9)17)14-13(18)15-3-4-20-7-15/h5-6,17H,3-4,7H2,1-2H3,(H,14,18). The summed E-state index contributed by atoms with van der Waals surface area (Å²) in [5, 5.41) is 12.4. The highest BCUT2D eigenvalue weighted by molar-refractivity contribution is 7.99. The van der Waals surface area contributed by atoms with E-state index in [0.29, 0.717) is 23.9 Å². The summed E-state index contributed by atoms with van der Waals surface area (Å²) in [5.74, 6) is 1.43. The maximum absolute atomic E-state index is 12.0. The molecule has 1 aromatic carbocycles. The number of rotatable bonds is 3. The van der Waals surface area contributed by atoms with Crippen LogP contribution in [0.15, 0.2) is 12.1 Å². The number of anilines is 1. The third-order valence-electron chi connectivity index (χ3n) is 2.98. The van der Waals surface area contributed by atoms with Gasteiger partial charge in [-0.15, -0.1) is 11.8 Å². The van der Waals surface area contributed by atoms with Crippen LogP contribution in [-0.2, 0) is 0 Å². The first-order valence-electron chi connectivity index (χ1n) is 6.08. The van der Waals surface area contributed by atoms with Gasteiger partial charge in [0.1, 0.15) is 11.5 Å². The molecule has 1 aliphatic heterocycles. The third-order valence-corrected chi connectivity index (χ3v) is 3.94. The number of nitrogens with zero attached hydrogens (tertiary/aromatic N) is 1. The summed E-state index contributed by atoms with van der Waals surface area (Å²) in [5.41, 5.74) is 0.522. The zero-order valence-corrected chi connectivity index (χ0v) is 12.1. The van der Waals surface area contributed by atoms with Crippen LogP contribution in [0, 0.1) is 0 Å². The van der Waals surface area contributed by atoms with Gasteiger partial charge < -0.3 is 20.1 Å². The highest BCUT2D eigenvalue weighted by atomic mass is 32.2. The van der Waals surface area contributed by atoms with Crippen molar-refractivity contribution in [1.29, 1.82) is 0 Å². The van der Waals surface area contributed by atoms with Crippen LogP contribution >= 0.6 is 11.8 Å². The lowest BCUT2D eigenvalue weighted by molar-refractivity contribution is 0.101. The monoisotopic (exact) mass is 296 g/mol. The molecule has 6 nitrogen and oxygen atoms in total. The summed E-state index contributed by atoms with van der Waals surface area (Å²) in [6, 6.07) is 2.51. The molecule has 0 atom stereocenters. The molecule has 1 saturated heterocycles. The van der Waals surface area contributed by atoms with Crippen LogP contribution in [0.4, 0.5) is 10.5 Å². The van der Waals surface area contributed by atoms with Gasteiger partial charge in [-0.2, -0.15) is 0 Å². The summed E-state index contributed by atoms with van der Waals surface area (Å²) in [7, 11) is 1.43. The number of benzene rings is 1. The molecule has 0 unspecified atom stereocenters. The van der Waals surface area contributed by atoms with E-state index >= 15 is 0 Å². The van der Waals surface area contributed by atoms with Crippen LogP contribution in [0.1, 0.15) is 17.3 Å². The van der Waals surface area contributed by atoms with E-state index in [0.717, 1.165) is 5.75 Å². The molecule has 20 heavy (non-hydrogen) atoms. The summed E-state index contributed by atoms with van der Waals surface area (Å²) in [6.45, 7) is 2.04. The number of carbonyl (C=O) groups is 2. The summed E-state index contributed by atoms with van der Waals surface area (Å²) < 4.78 is 5.11. The van der Waals surface area contributed by atoms with Crippen molar-refractivity contribution in [3.63, 3.8) is 0 Å². The first-order chi connectivity index (χ1) is 9.52. The van der Waals surface area contributed by atoms with E-state index in [2.05, 4.69) is 5.32 Å². The first-order valence-corrected chi connectivity index (χ1v) is 7.24. The van der Waals surface area contributed by atoms with Gasteiger partial charge in [-0.05, 0) is 13.0 Å². The van der Waals surface area contributed by atoms with E-state index in [1.54, 1.807) is 16.7 Å². The van der Waals surface area contributed by atoms with Gasteiger partial charge in [-0.25, -0.2) is 4.79 Å². The SMILES string of the molecule is COc1cc(O)c(C(C)=O)cc1NC(=O)N1CCSC1. The second-order valence-corrected chi connectivity index (χ2v) is 5.43. The van der Waals surface area contributed by atoms with Crippen LogP contribution in [0.2, 0.25) is 0 Å². The Morgan fingerprint density at radius 1 is 1.45 bits per heavy atom. The number of phenolic OH excluding ortho intramolecular Hbond substituents is 1. The number of aromatic hydroxyl groups is 1. The minimum Gasteiger partial charge on any atom is -0.507 e. The van der Waals surface area contributed by atoms with Crippen LogP contribution in [0.25, 0.3) is 0 Å². The lowest BCUT2D eigenvalue weighted by Gasteiger charge is -2.18. The first kappa shape index (κ1) is 14.5. The van der Waals surface area contributed by atoms with E-state index in [9.17, 15) is 14.7 Å². The molecule has 1 heterocycles. The van der Waals surface area contributed by atoms with E-state index in [-0.39, 0.29) is 23.1 Å². The molecule has 1 fully saturated rings. The average molecular weight is 296 g/mol. The normalized spacial score (nSPS) is 14.2. The Balaban J connectivity index is 2.26. The van der Waals surface area contributed by atoms with E-state index in [4.69, 9.17) is 4.74 Å². The maximum atomic E-state index is 12.0. The van der Waals surface area contributed by atoms with Gasteiger partial charge in [-0.3, -0.25) is 4.79 Å². The number of ketones is 1. The predicted molar refractivity (Wildman–Crippen MR) is 77.7 cm³/mol. The van der Waals surface area contributed by atoms with Crippen molar-refractivity contribution in [2.24, 2.45) is 0 Å². The Labute approximate surface area is 121 Å². The molecule has 108 valence electrons. The zero-order valence-electron chi connectivity index (χ0n) is 11.3. The summed E-state index contributed by atoms with van der Waals surface area (Å²) >= 11 is 1.68. The number of hydrogen-bond donors (Lipinski definition) is 2. The van der Waals surface area contributed by atoms with Crippen LogP contribution in [-0.4, -0.2) is 47.1 Å². The second kappa shape index (κ2) is 6.04. The molecule has 2 amide bonds. The van der Waals surface area contributed by atoms with Gasteiger partial charge in [0.15, 0.2) is 5.78 Å². The molecular weight excluding hydrogens is 280 g/mol. The number of amides is 2. The fourth-order valence-electron chi connectivity index (χ4n) is 1.89. The highest BCUT2D eigenvalue weighted by Gasteiger charge is 2.21. The van der Waals surface area contributed by atoms with E-state index in [1.807, 2.05) is 0 Å². The Kier molecular flexibility index (Phi) is 4.39. The lowest BCUT2D eigenvalue weighted by Crippen LogP contribution is -2.32. The van der Waals surface area contributed by atoms with Crippen molar-refractivity contribution in [3.8, 4) is 11.5 Å². The van der Waals surface area contributed by atoms with Gasteiger partial charge in [0.05, 0.1) is 24.2 Å². The quantitative estimate of drug-likeness (QED) is 0.660. The predicted octanol–water partition coefficient (Wildman–Crippen LogP) is 2.14. The number of thioether (sulfide) groups is 1. The van der Waals surface area contributed by atoms with E-state index < -0.39 is 0 Å². The summed E-state index contributed by atoms with van der Waals surface area (Å²) in [4.78, 5) is 25.2. The molecule has 0 aromatic heterocycles. The Hall–Kier alpha value is -1.89. The number of nitrogens with one attached hydrogen (secondary N) is 1. The Bertz CT molecular complexity index is 541. The van der Waals surface area contributed by atoms with Gasteiger partial charge in [-0.1, -0.05) is 0 Å². The molecular formula is C13H16N2O4S. The number of Topliss-reactive ketones (excluding diaryl/α,β-unsaturated/α-hetero) is 1. The molecule has 0 bridgehead atoms. The van der Waals surface area contributed by atoms with Crippen molar-refractivity contribution < 1.29 is 19.4 Å². The van der Waals surface area contributed by atoms with Gasteiger partial charge in [0, 0.05) is 18.4 Å². The molecule has 0 saturated carbocycles. The largest absolute Gasteiger partial charge is 0.507 e. The van der Waals surface area contributed by atoms with Crippen molar-refractivity contribution >= 4 is 29.3 Å². The van der Waals surface area contributed by atoms with E-state index in [1.165, 1.54) is 26.2 Å². The molecule has 1 aromatic rings. The zero-order chi connectivity index (χ0) is 14.7. The maximum Gasteiger partial charge on any atom is 0.322 e. The molecule has 0 aliphatic carbocycles. The molecule has 7 heteroatoms. The minimum absolute atomic E-state index is 0.150. The fraction of sp³-hybridized carbons (Fsp3) is 0.385. The number of methoxy groups -OCH3 is 1. The van der Waals surface area contributed by atoms with Gasteiger partial charge in [0.2, 0.25) is 0 Å². The van der Waals surface area contributed by atoms with Gasteiger partial charge in [0.25, 0.3) is 0 Å². The van der Waals surface area contributed by atoms with Crippen molar-refractivity contribution in [2.45, 2.75) is 6.92 Å².